The zero-order valence-corrected chi connectivity index (χ0v) is 44.6. The first-order valence-corrected chi connectivity index (χ1v) is 26.4. The van der Waals surface area contributed by atoms with Crippen molar-refractivity contribution in [2.75, 3.05) is 68.7 Å². The van der Waals surface area contributed by atoms with Gasteiger partial charge in [0, 0.05) is 87.7 Å². The van der Waals surface area contributed by atoms with Crippen LogP contribution >= 0.6 is 7.37 Å². The van der Waals surface area contributed by atoms with Gasteiger partial charge in [-0.15, -0.1) is 5.10 Å². The first kappa shape index (κ1) is 58.1. The summed E-state index contributed by atoms with van der Waals surface area (Å²) in [7, 11) is 7.86. The van der Waals surface area contributed by atoms with E-state index in [1.165, 1.54) is 23.9 Å². The molecular weight excluding hydrogens is 934 g/mol. The van der Waals surface area contributed by atoms with Crippen LogP contribution in [-0.2, 0) is 62.3 Å². The average molecular weight is 1010 g/mol. The lowest BCUT2D eigenvalue weighted by Crippen LogP contribution is -2.55. The van der Waals surface area contributed by atoms with Gasteiger partial charge in [0.25, 0.3) is 11.8 Å². The van der Waals surface area contributed by atoms with Gasteiger partial charge in [0.1, 0.15) is 23.7 Å². The average Bonchev–Trinajstić information content (AvgIpc) is 4.07. The number of rotatable bonds is 26. The number of amides is 6. The predicted molar refractivity (Wildman–Crippen MR) is 269 cm³/mol. The van der Waals surface area contributed by atoms with Crippen molar-refractivity contribution >= 4 is 48.8 Å². The Bertz CT molecular complexity index is 2210. The van der Waals surface area contributed by atoms with Crippen molar-refractivity contribution in [1.29, 1.82) is 0 Å². The molecule has 3 N–H and O–H groups in total. The molecule has 3 heterocycles. The molecule has 1 aromatic carbocycles. The van der Waals surface area contributed by atoms with Gasteiger partial charge in [-0.3, -0.25) is 42.9 Å². The molecular formula is C49H78N11O10P. The largest absolute Gasteiger partial charge is 0.379 e. The third-order valence-electron chi connectivity index (χ3n) is 13.3. The van der Waals surface area contributed by atoms with Crippen molar-refractivity contribution in [2.24, 2.45) is 22.7 Å². The normalized spacial score (nSPS) is 18.5. The lowest BCUT2D eigenvalue weighted by Gasteiger charge is -2.40. The number of imide groups is 1. The summed E-state index contributed by atoms with van der Waals surface area (Å²) in [4.78, 5) is 105. The Morgan fingerprint density at radius 2 is 1.62 bits per heavy atom. The molecule has 9 atom stereocenters. The van der Waals surface area contributed by atoms with E-state index in [0.29, 0.717) is 49.6 Å². The molecule has 0 spiro atoms. The maximum absolute atomic E-state index is 14.5. The molecule has 3 unspecified atom stereocenters. The second-order valence-corrected chi connectivity index (χ2v) is 21.8. The Hall–Kier alpha value is -5.50. The van der Waals surface area contributed by atoms with Gasteiger partial charge in [-0.1, -0.05) is 76.6 Å². The molecule has 0 aliphatic carbocycles. The number of nitrogens with one attached hydrogen (secondary N) is 2. The number of benzene rings is 1. The number of ether oxygens (including phenoxy) is 2. The number of aryl methyl sites for hydroxylation is 1. The van der Waals surface area contributed by atoms with Crippen molar-refractivity contribution in [3.63, 3.8) is 0 Å². The Labute approximate surface area is 419 Å². The highest BCUT2D eigenvalue weighted by Gasteiger charge is 2.44. The van der Waals surface area contributed by atoms with Gasteiger partial charge in [0.2, 0.25) is 31.0 Å². The molecule has 1 aromatic heterocycles. The van der Waals surface area contributed by atoms with Gasteiger partial charge in [-0.2, -0.15) is 0 Å². The van der Waals surface area contributed by atoms with Crippen LogP contribution < -0.4 is 10.6 Å². The number of methoxy groups -OCH3 is 2. The molecule has 1 fully saturated rings. The molecule has 4 rings (SSSR count). The fraction of sp³-hybridized carbons (Fsp3) is 0.653. The molecule has 2 aliphatic rings. The molecule has 1 saturated heterocycles. The lowest BCUT2D eigenvalue weighted by atomic mass is 9.89. The summed E-state index contributed by atoms with van der Waals surface area (Å²) in [6.45, 7) is 10.5. The van der Waals surface area contributed by atoms with Gasteiger partial charge in [-0.25, -0.2) is 4.99 Å². The number of aromatic nitrogens is 3. The summed E-state index contributed by atoms with van der Waals surface area (Å²) in [5.74, 6) is -4.25. The van der Waals surface area contributed by atoms with Crippen molar-refractivity contribution in [1.82, 2.24) is 50.1 Å². The fourth-order valence-corrected chi connectivity index (χ4v) is 10.9. The Kier molecular flexibility index (Phi) is 21.9. The standard InChI is InChI=1S/C49H78N11O10P/c1-13-33(4)45(57(10)48(66)44(32(2)3)52-49(55(6)7)56(8)9)38(69-11)28-43(64)59-26-17-21-37(59)46(70-12)34(5)47(65)51-40(27-35-19-15-14-16-20-35)71(67,68)31-39(61)50-24-18-25-58-29-36(53-54-58)30-60-41(62)22-23-42(60)63/h14-16,19-20,22-23,29,32-34,37-38,40,44-46H,13,17-18,21,24-28,30-31H2,1-12H3,(H,50,61)(H,51,65)(H,67,68)/t33-,34+,37?,38+,40+,44?,45-,46+/m0/s1. The van der Waals surface area contributed by atoms with Crippen molar-refractivity contribution in [3.8, 4) is 0 Å². The SMILES string of the molecule is CC[C@H](C)[C@@H]([C@@H](CC(=O)N1CCCC1[C@H](OC)[C@@H](C)C(=O)N[C@@H](Cc1ccccc1)P(=O)(O)CC(=O)NCCCn1cc(CN2C(=O)C=CC2=O)nn1)OC)N(C)C(=O)C(N=C(N(C)C)N(C)C)C(C)C. The Morgan fingerprint density at radius 1 is 0.972 bits per heavy atom. The summed E-state index contributed by atoms with van der Waals surface area (Å²) in [6, 6.07) is 7.23. The number of aliphatic imine (C=N–C) groups is 1. The molecule has 2 aliphatic heterocycles. The number of likely N-dealkylation sites (N-methyl/N-ethyl adjacent to an activating group) is 1. The van der Waals surface area contributed by atoms with Crippen LogP contribution in [0.5, 0.6) is 0 Å². The second kappa shape index (κ2) is 26.8. The van der Waals surface area contributed by atoms with Crippen molar-refractivity contribution < 1.29 is 47.7 Å². The maximum atomic E-state index is 14.5. The smallest absolute Gasteiger partial charge is 0.253 e. The molecule has 2 aromatic rings. The van der Waals surface area contributed by atoms with Crippen LogP contribution in [0.3, 0.4) is 0 Å². The number of carbonyl (C=O) groups excluding carboxylic acids is 6. The quantitative estimate of drug-likeness (QED) is 0.0404. The summed E-state index contributed by atoms with van der Waals surface area (Å²) in [5, 5.41) is 13.5. The van der Waals surface area contributed by atoms with Gasteiger partial charge in [0.15, 0.2) is 5.96 Å². The second-order valence-electron chi connectivity index (χ2n) is 19.4. The van der Waals surface area contributed by atoms with E-state index in [1.54, 1.807) is 67.4 Å². The molecule has 22 heteroatoms. The molecule has 0 bridgehead atoms. The third-order valence-corrected chi connectivity index (χ3v) is 15.4. The highest BCUT2D eigenvalue weighted by molar-refractivity contribution is 7.59. The maximum Gasteiger partial charge on any atom is 0.253 e. The van der Waals surface area contributed by atoms with Gasteiger partial charge in [0.05, 0.1) is 49.4 Å². The molecule has 394 valence electrons. The minimum Gasteiger partial charge on any atom is -0.379 e. The first-order chi connectivity index (χ1) is 33.5. The summed E-state index contributed by atoms with van der Waals surface area (Å²) >= 11 is 0. The number of likely N-dealkylation sites (tertiary alicyclic amines) is 1. The highest BCUT2D eigenvalue weighted by Crippen LogP contribution is 2.46. The minimum atomic E-state index is -4.42. The van der Waals surface area contributed by atoms with Crippen molar-refractivity contribution in [2.45, 2.75) is 122 Å². The van der Waals surface area contributed by atoms with Crippen LogP contribution in [0, 0.1) is 17.8 Å². The zero-order chi connectivity index (χ0) is 52.7. The lowest BCUT2D eigenvalue weighted by molar-refractivity contribution is -0.146. The van der Waals surface area contributed by atoms with E-state index < -0.39 is 79.2 Å². The number of nitrogens with zero attached hydrogens (tertiary/aromatic N) is 9. The van der Waals surface area contributed by atoms with Crippen LogP contribution in [-0.4, -0.2) is 191 Å². The zero-order valence-electron chi connectivity index (χ0n) is 43.7. The Morgan fingerprint density at radius 3 is 2.20 bits per heavy atom. The topological polar surface area (TPSA) is 242 Å². The molecule has 21 nitrogen and oxygen atoms in total. The molecule has 0 radical (unpaired) electrons. The summed E-state index contributed by atoms with van der Waals surface area (Å²) < 4.78 is 27.7. The van der Waals surface area contributed by atoms with E-state index in [-0.39, 0.29) is 49.6 Å². The summed E-state index contributed by atoms with van der Waals surface area (Å²) in [6.07, 6.45) is 3.98. The van der Waals surface area contributed by atoms with Gasteiger partial charge >= 0.3 is 0 Å². The third kappa shape index (κ3) is 15.7. The molecule has 6 amide bonds. The van der Waals surface area contributed by atoms with Crippen LogP contribution in [0.4, 0.5) is 0 Å². The molecule has 71 heavy (non-hydrogen) atoms. The number of hydrogen-bond acceptors (Lipinski definition) is 12. The Balaban J connectivity index is 1.44. The van der Waals surface area contributed by atoms with Crippen LogP contribution in [0.1, 0.15) is 78.0 Å². The molecule has 0 saturated carbocycles. The van der Waals surface area contributed by atoms with E-state index >= 15 is 0 Å². The van der Waals surface area contributed by atoms with Crippen LogP contribution in [0.15, 0.2) is 53.7 Å². The monoisotopic (exact) mass is 1010 g/mol. The predicted octanol–water partition coefficient (Wildman–Crippen LogP) is 2.59. The van der Waals surface area contributed by atoms with Crippen LogP contribution in [0.25, 0.3) is 0 Å². The van der Waals surface area contributed by atoms with E-state index in [2.05, 4.69) is 20.9 Å². The van der Waals surface area contributed by atoms with E-state index in [4.69, 9.17) is 14.5 Å². The highest BCUT2D eigenvalue weighted by atomic mass is 31.2. The summed E-state index contributed by atoms with van der Waals surface area (Å²) in [5.41, 5.74) is 1.09. The first-order valence-electron chi connectivity index (χ1n) is 24.4. The van der Waals surface area contributed by atoms with Gasteiger partial charge < -0.3 is 44.6 Å². The number of hydrogen-bond donors (Lipinski definition) is 3. The van der Waals surface area contributed by atoms with Gasteiger partial charge in [-0.05, 0) is 36.7 Å². The fourth-order valence-electron chi connectivity index (χ4n) is 9.30. The van der Waals surface area contributed by atoms with Crippen LogP contribution in [0.2, 0.25) is 0 Å². The van der Waals surface area contributed by atoms with E-state index in [1.807, 2.05) is 65.7 Å². The van der Waals surface area contributed by atoms with E-state index in [9.17, 15) is 38.2 Å². The minimum absolute atomic E-state index is 0.0261. The van der Waals surface area contributed by atoms with Crippen molar-refractivity contribution in [3.05, 3.63) is 59.9 Å². The van der Waals surface area contributed by atoms with E-state index in [0.717, 1.165) is 11.3 Å². The number of carbonyl (C=O) groups is 6. The number of guanidine groups is 1.